The van der Waals surface area contributed by atoms with E-state index in [-0.39, 0.29) is 6.61 Å². The number of carbonyl (C=O) groups excluding carboxylic acids is 1. The van der Waals surface area contributed by atoms with Crippen molar-refractivity contribution in [2.45, 2.75) is 19.9 Å². The highest BCUT2D eigenvalue weighted by molar-refractivity contribution is 6.32. The van der Waals surface area contributed by atoms with Crippen LogP contribution in [-0.4, -0.2) is 26.2 Å². The van der Waals surface area contributed by atoms with Crippen LogP contribution in [0.4, 0.5) is 0 Å². The van der Waals surface area contributed by atoms with Crippen molar-refractivity contribution in [2.24, 2.45) is 0 Å². The van der Waals surface area contributed by atoms with Gasteiger partial charge in [0.15, 0.2) is 6.61 Å². The van der Waals surface area contributed by atoms with E-state index in [0.717, 1.165) is 18.5 Å². The molecule has 0 radical (unpaired) electrons. The Labute approximate surface area is 112 Å². The van der Waals surface area contributed by atoms with Crippen LogP contribution >= 0.6 is 11.6 Å². The van der Waals surface area contributed by atoms with E-state index in [2.05, 4.69) is 17.0 Å². The first-order valence-corrected chi connectivity index (χ1v) is 6.24. The fourth-order valence-electron chi connectivity index (χ4n) is 1.44. The van der Waals surface area contributed by atoms with Crippen molar-refractivity contribution >= 4 is 17.6 Å². The van der Waals surface area contributed by atoms with Crippen LogP contribution in [0, 0.1) is 0 Å². The predicted molar refractivity (Wildman–Crippen MR) is 71.0 cm³/mol. The van der Waals surface area contributed by atoms with Gasteiger partial charge in [-0.15, -0.1) is 0 Å². The Morgan fingerprint density at radius 1 is 1.44 bits per heavy atom. The second kappa shape index (κ2) is 7.95. The maximum Gasteiger partial charge on any atom is 0.343 e. The predicted octanol–water partition coefficient (Wildman–Crippen LogP) is 2.39. The van der Waals surface area contributed by atoms with Gasteiger partial charge >= 0.3 is 5.97 Å². The van der Waals surface area contributed by atoms with E-state index in [9.17, 15) is 4.79 Å². The lowest BCUT2D eigenvalue weighted by molar-refractivity contribution is -0.142. The summed E-state index contributed by atoms with van der Waals surface area (Å²) < 4.78 is 9.93. The first kappa shape index (κ1) is 14.8. The van der Waals surface area contributed by atoms with Crippen LogP contribution in [0.1, 0.15) is 18.9 Å². The van der Waals surface area contributed by atoms with E-state index >= 15 is 0 Å². The van der Waals surface area contributed by atoms with Crippen LogP contribution in [0.3, 0.4) is 0 Å². The minimum absolute atomic E-state index is 0.138. The summed E-state index contributed by atoms with van der Waals surface area (Å²) in [5, 5.41) is 3.76. The highest BCUT2D eigenvalue weighted by atomic mass is 35.5. The van der Waals surface area contributed by atoms with Crippen LogP contribution < -0.4 is 10.1 Å². The van der Waals surface area contributed by atoms with E-state index < -0.39 is 5.97 Å². The number of esters is 1. The standard InChI is InChI=1S/C13H18ClNO3/c1-3-7-15-8-10-5-4-6-11(14)13(10)18-9-12(16)17-2/h4-6,15H,3,7-9H2,1-2H3. The molecule has 0 amide bonds. The zero-order valence-electron chi connectivity index (χ0n) is 10.7. The van der Waals surface area contributed by atoms with E-state index in [4.69, 9.17) is 16.3 Å². The summed E-state index contributed by atoms with van der Waals surface area (Å²) in [7, 11) is 1.32. The molecule has 0 heterocycles. The Kier molecular flexibility index (Phi) is 6.54. The molecule has 1 N–H and O–H groups in total. The molecule has 0 aliphatic rings. The molecule has 0 fully saturated rings. The maximum absolute atomic E-state index is 11.1. The quantitative estimate of drug-likeness (QED) is 0.611. The Hall–Kier alpha value is -1.26. The van der Waals surface area contributed by atoms with Crippen LogP contribution in [0.5, 0.6) is 5.75 Å². The molecule has 0 atom stereocenters. The number of hydrogen-bond donors (Lipinski definition) is 1. The Morgan fingerprint density at radius 3 is 2.89 bits per heavy atom. The molecular formula is C13H18ClNO3. The number of carbonyl (C=O) groups is 1. The highest BCUT2D eigenvalue weighted by Crippen LogP contribution is 2.28. The van der Waals surface area contributed by atoms with Gasteiger partial charge in [0.1, 0.15) is 5.75 Å². The first-order chi connectivity index (χ1) is 8.69. The SMILES string of the molecule is CCCNCc1cccc(Cl)c1OCC(=O)OC. The molecular weight excluding hydrogens is 254 g/mol. The molecule has 1 rings (SSSR count). The molecule has 0 aromatic heterocycles. The minimum Gasteiger partial charge on any atom is -0.480 e. The molecule has 100 valence electrons. The number of rotatable bonds is 7. The lowest BCUT2D eigenvalue weighted by Crippen LogP contribution is -2.17. The van der Waals surface area contributed by atoms with E-state index in [1.54, 1.807) is 6.07 Å². The number of hydrogen-bond acceptors (Lipinski definition) is 4. The van der Waals surface area contributed by atoms with Gasteiger partial charge < -0.3 is 14.8 Å². The van der Waals surface area contributed by atoms with Gasteiger partial charge in [-0.25, -0.2) is 4.79 Å². The van der Waals surface area contributed by atoms with Crippen molar-refractivity contribution < 1.29 is 14.3 Å². The van der Waals surface area contributed by atoms with Crippen LogP contribution in [-0.2, 0) is 16.1 Å². The van der Waals surface area contributed by atoms with Crippen molar-refractivity contribution in [1.82, 2.24) is 5.32 Å². The number of halogens is 1. The maximum atomic E-state index is 11.1. The van der Waals surface area contributed by atoms with Crippen molar-refractivity contribution in [1.29, 1.82) is 0 Å². The second-order valence-electron chi connectivity index (χ2n) is 3.77. The average Bonchev–Trinajstić information content (AvgIpc) is 2.38. The molecule has 18 heavy (non-hydrogen) atoms. The summed E-state index contributed by atoms with van der Waals surface area (Å²) in [5.74, 6) is 0.107. The molecule has 0 spiro atoms. The van der Waals surface area contributed by atoms with Gasteiger partial charge in [-0.2, -0.15) is 0 Å². The normalized spacial score (nSPS) is 10.2. The summed E-state index contributed by atoms with van der Waals surface area (Å²) >= 11 is 6.06. The fraction of sp³-hybridized carbons (Fsp3) is 0.462. The highest BCUT2D eigenvalue weighted by Gasteiger charge is 2.10. The topological polar surface area (TPSA) is 47.6 Å². The fourth-order valence-corrected chi connectivity index (χ4v) is 1.69. The van der Waals surface area contributed by atoms with Gasteiger partial charge in [-0.05, 0) is 19.0 Å². The zero-order chi connectivity index (χ0) is 13.4. The van der Waals surface area contributed by atoms with Gasteiger partial charge in [0.25, 0.3) is 0 Å². The van der Waals surface area contributed by atoms with Gasteiger partial charge in [0, 0.05) is 12.1 Å². The van der Waals surface area contributed by atoms with Crippen molar-refractivity contribution in [3.63, 3.8) is 0 Å². The molecule has 1 aromatic rings. The van der Waals surface area contributed by atoms with Gasteiger partial charge in [0.2, 0.25) is 0 Å². The van der Waals surface area contributed by atoms with E-state index in [1.807, 2.05) is 12.1 Å². The van der Waals surface area contributed by atoms with Gasteiger partial charge in [-0.1, -0.05) is 30.7 Å². The zero-order valence-corrected chi connectivity index (χ0v) is 11.4. The van der Waals surface area contributed by atoms with E-state index in [0.29, 0.717) is 17.3 Å². The Balaban J connectivity index is 2.70. The second-order valence-corrected chi connectivity index (χ2v) is 4.18. The summed E-state index contributed by atoms with van der Waals surface area (Å²) in [4.78, 5) is 11.1. The Morgan fingerprint density at radius 2 is 2.22 bits per heavy atom. The number of nitrogens with one attached hydrogen (secondary N) is 1. The summed E-state index contributed by atoms with van der Waals surface area (Å²) in [6.45, 7) is 3.54. The van der Waals surface area contributed by atoms with Crippen molar-refractivity contribution in [3.8, 4) is 5.75 Å². The van der Waals surface area contributed by atoms with Gasteiger partial charge in [-0.3, -0.25) is 0 Å². The Bertz CT molecular complexity index is 396. The van der Waals surface area contributed by atoms with Crippen LogP contribution in [0.15, 0.2) is 18.2 Å². The average molecular weight is 272 g/mol. The molecule has 0 aliphatic carbocycles. The summed E-state index contributed by atoms with van der Waals surface area (Å²) in [5.41, 5.74) is 0.930. The smallest absolute Gasteiger partial charge is 0.343 e. The molecule has 4 nitrogen and oxygen atoms in total. The number of methoxy groups -OCH3 is 1. The molecule has 0 bridgehead atoms. The van der Waals surface area contributed by atoms with Crippen LogP contribution in [0.25, 0.3) is 0 Å². The summed E-state index contributed by atoms with van der Waals surface area (Å²) in [6.07, 6.45) is 1.05. The third-order valence-corrected chi connectivity index (χ3v) is 2.65. The monoisotopic (exact) mass is 271 g/mol. The van der Waals surface area contributed by atoms with Crippen molar-refractivity contribution in [2.75, 3.05) is 20.3 Å². The third-order valence-electron chi connectivity index (χ3n) is 2.35. The molecule has 1 aromatic carbocycles. The minimum atomic E-state index is -0.428. The lowest BCUT2D eigenvalue weighted by atomic mass is 10.2. The molecule has 0 saturated heterocycles. The molecule has 0 aliphatic heterocycles. The van der Waals surface area contributed by atoms with Crippen LogP contribution in [0.2, 0.25) is 5.02 Å². The largest absolute Gasteiger partial charge is 0.480 e. The van der Waals surface area contributed by atoms with Crippen molar-refractivity contribution in [3.05, 3.63) is 28.8 Å². The molecule has 0 saturated carbocycles. The first-order valence-electron chi connectivity index (χ1n) is 5.86. The molecule has 5 heteroatoms. The summed E-state index contributed by atoms with van der Waals surface area (Å²) in [6, 6.07) is 5.51. The lowest BCUT2D eigenvalue weighted by Gasteiger charge is -2.12. The van der Waals surface area contributed by atoms with E-state index in [1.165, 1.54) is 7.11 Å². The molecule has 0 unspecified atom stereocenters. The number of ether oxygens (including phenoxy) is 2. The number of para-hydroxylation sites is 1. The third kappa shape index (κ3) is 4.55. The van der Waals surface area contributed by atoms with Gasteiger partial charge in [0.05, 0.1) is 12.1 Å². The number of benzene rings is 1.